The number of rotatable bonds is 50. The summed E-state index contributed by atoms with van der Waals surface area (Å²) in [5.41, 5.74) is 0. The van der Waals surface area contributed by atoms with Crippen LogP contribution in [0, 0.1) is 17.8 Å². The largest absolute Gasteiger partial charge is 0.462 e. The fraction of sp³-hybridized carbons (Fsp3) is 0.947. The number of ether oxygens (including phenoxy) is 3. The minimum Gasteiger partial charge on any atom is -0.462 e. The zero-order valence-electron chi connectivity index (χ0n) is 43.4. The lowest BCUT2D eigenvalue weighted by atomic mass is 9.99. The zero-order chi connectivity index (χ0) is 46.3. The molecule has 0 aliphatic heterocycles. The van der Waals surface area contributed by atoms with E-state index in [1.807, 2.05) is 0 Å². The van der Waals surface area contributed by atoms with E-state index >= 15 is 0 Å². The lowest BCUT2D eigenvalue weighted by Crippen LogP contribution is -2.30. The first-order chi connectivity index (χ1) is 30.6. The molecule has 0 heterocycles. The summed E-state index contributed by atoms with van der Waals surface area (Å²) in [5.74, 6) is 1.68. The Balaban J connectivity index is 4.28. The van der Waals surface area contributed by atoms with Crippen LogP contribution in [0.4, 0.5) is 0 Å². The predicted molar refractivity (Wildman–Crippen MR) is 270 cm³/mol. The quantitative estimate of drug-likeness (QED) is 0.0344. The van der Waals surface area contributed by atoms with Gasteiger partial charge in [-0.3, -0.25) is 14.4 Å². The highest BCUT2D eigenvalue weighted by molar-refractivity contribution is 5.71. The van der Waals surface area contributed by atoms with Gasteiger partial charge in [-0.1, -0.05) is 273 Å². The number of hydrogen-bond acceptors (Lipinski definition) is 6. The Morgan fingerprint density at radius 3 is 0.825 bits per heavy atom. The van der Waals surface area contributed by atoms with Crippen LogP contribution in [0.25, 0.3) is 0 Å². The molecule has 6 heteroatoms. The van der Waals surface area contributed by atoms with Crippen LogP contribution in [0.15, 0.2) is 0 Å². The highest BCUT2D eigenvalue weighted by atomic mass is 16.6. The van der Waals surface area contributed by atoms with Crippen molar-refractivity contribution in [2.75, 3.05) is 13.2 Å². The average molecular weight is 892 g/mol. The summed E-state index contributed by atoms with van der Waals surface area (Å²) >= 11 is 0. The molecule has 0 aromatic heterocycles. The van der Waals surface area contributed by atoms with Gasteiger partial charge in [-0.25, -0.2) is 0 Å². The SMILES string of the molecule is CCC(C)CCCCCCCCCCCCC(=O)O[C@H](COC(=O)CCCCCCCCCCCCCCCCCCC(C)C)COC(=O)CCCCCCCCCCCC(C)C. The van der Waals surface area contributed by atoms with Crippen LogP contribution in [0.5, 0.6) is 0 Å². The third-order valence-electron chi connectivity index (χ3n) is 13.3. The van der Waals surface area contributed by atoms with E-state index < -0.39 is 6.10 Å². The van der Waals surface area contributed by atoms with Crippen LogP contribution >= 0.6 is 0 Å². The highest BCUT2D eigenvalue weighted by Gasteiger charge is 2.19. The molecule has 1 unspecified atom stereocenters. The standard InChI is InChI=1S/C57H110O6/c1-7-53(6)45-39-33-27-21-16-17-23-30-36-42-48-57(60)63-54(50-62-56(59)47-41-35-29-24-18-20-26-32-38-44-52(4)5)49-61-55(58)46-40-34-28-22-15-13-11-9-8-10-12-14-19-25-31-37-43-51(2)3/h51-54H,7-50H2,1-6H3/t53?,54-/m1/s1. The molecule has 0 aliphatic rings. The Kier molecular flexibility index (Phi) is 47.1. The van der Waals surface area contributed by atoms with Gasteiger partial charge in [-0.15, -0.1) is 0 Å². The van der Waals surface area contributed by atoms with E-state index in [1.54, 1.807) is 0 Å². The second-order valence-electron chi connectivity index (χ2n) is 20.8. The number of unbranched alkanes of at least 4 members (excludes halogenated alkanes) is 32. The number of esters is 3. The molecule has 0 aromatic rings. The molecular formula is C57H110O6. The van der Waals surface area contributed by atoms with E-state index in [2.05, 4.69) is 41.5 Å². The zero-order valence-corrected chi connectivity index (χ0v) is 43.4. The molecule has 2 atom stereocenters. The van der Waals surface area contributed by atoms with Crippen LogP contribution in [0.1, 0.15) is 311 Å². The Morgan fingerprint density at radius 2 is 0.556 bits per heavy atom. The van der Waals surface area contributed by atoms with Gasteiger partial charge in [0.15, 0.2) is 6.10 Å². The lowest BCUT2D eigenvalue weighted by Gasteiger charge is -2.18. The van der Waals surface area contributed by atoms with Gasteiger partial charge in [0.1, 0.15) is 13.2 Å². The van der Waals surface area contributed by atoms with Crippen LogP contribution in [0.2, 0.25) is 0 Å². The van der Waals surface area contributed by atoms with Crippen LogP contribution in [0.3, 0.4) is 0 Å². The predicted octanol–water partition coefficient (Wildman–Crippen LogP) is 18.3. The van der Waals surface area contributed by atoms with Gasteiger partial charge in [0.2, 0.25) is 0 Å². The first kappa shape index (κ1) is 61.4. The summed E-state index contributed by atoms with van der Waals surface area (Å²) in [6.07, 6.45) is 49.5. The van der Waals surface area contributed by atoms with Gasteiger partial charge in [-0.05, 0) is 37.0 Å². The van der Waals surface area contributed by atoms with Crippen molar-refractivity contribution in [2.24, 2.45) is 17.8 Å². The van der Waals surface area contributed by atoms with Crippen molar-refractivity contribution in [1.29, 1.82) is 0 Å². The maximum atomic E-state index is 12.8. The van der Waals surface area contributed by atoms with E-state index in [0.717, 1.165) is 75.5 Å². The minimum absolute atomic E-state index is 0.0641. The van der Waals surface area contributed by atoms with Gasteiger partial charge >= 0.3 is 17.9 Å². The van der Waals surface area contributed by atoms with E-state index in [4.69, 9.17) is 14.2 Å². The molecule has 0 aromatic carbocycles. The minimum atomic E-state index is -0.763. The number of hydrogen-bond donors (Lipinski definition) is 0. The molecule has 6 nitrogen and oxygen atoms in total. The smallest absolute Gasteiger partial charge is 0.306 e. The molecule has 0 bridgehead atoms. The van der Waals surface area contributed by atoms with Crippen molar-refractivity contribution in [2.45, 2.75) is 317 Å². The fourth-order valence-electron chi connectivity index (χ4n) is 8.61. The molecule has 0 rings (SSSR count). The molecule has 0 N–H and O–H groups in total. The fourth-order valence-corrected chi connectivity index (χ4v) is 8.61. The van der Waals surface area contributed by atoms with E-state index in [9.17, 15) is 14.4 Å². The van der Waals surface area contributed by atoms with Crippen LogP contribution in [-0.2, 0) is 28.6 Å². The normalized spacial score (nSPS) is 12.6. The van der Waals surface area contributed by atoms with Gasteiger partial charge in [0, 0.05) is 19.3 Å². The molecule has 0 saturated carbocycles. The third kappa shape index (κ3) is 49.7. The van der Waals surface area contributed by atoms with Crippen molar-refractivity contribution in [3.8, 4) is 0 Å². The Morgan fingerprint density at radius 1 is 0.317 bits per heavy atom. The summed E-state index contributed by atoms with van der Waals surface area (Å²) in [6, 6.07) is 0. The van der Waals surface area contributed by atoms with Gasteiger partial charge in [0.05, 0.1) is 0 Å². The summed E-state index contributed by atoms with van der Waals surface area (Å²) < 4.78 is 16.9. The second-order valence-corrected chi connectivity index (χ2v) is 20.8. The first-order valence-corrected chi connectivity index (χ1v) is 28.1. The molecule has 0 radical (unpaired) electrons. The molecule has 0 aliphatic carbocycles. The first-order valence-electron chi connectivity index (χ1n) is 28.1. The van der Waals surface area contributed by atoms with Gasteiger partial charge in [-0.2, -0.15) is 0 Å². The van der Waals surface area contributed by atoms with Crippen molar-refractivity contribution in [3.05, 3.63) is 0 Å². The maximum Gasteiger partial charge on any atom is 0.306 e. The van der Waals surface area contributed by atoms with E-state index in [1.165, 1.54) is 193 Å². The van der Waals surface area contributed by atoms with Crippen molar-refractivity contribution < 1.29 is 28.6 Å². The molecule has 63 heavy (non-hydrogen) atoms. The molecule has 0 amide bonds. The summed E-state index contributed by atoms with van der Waals surface area (Å²) in [4.78, 5) is 38.1. The Bertz CT molecular complexity index is 978. The summed E-state index contributed by atoms with van der Waals surface area (Å²) in [7, 11) is 0. The highest BCUT2D eigenvalue weighted by Crippen LogP contribution is 2.18. The van der Waals surface area contributed by atoms with Gasteiger partial charge < -0.3 is 14.2 Å². The number of carbonyl (C=O) groups excluding carboxylic acids is 3. The number of carbonyl (C=O) groups is 3. The monoisotopic (exact) mass is 891 g/mol. The lowest BCUT2D eigenvalue weighted by molar-refractivity contribution is -0.167. The second kappa shape index (κ2) is 48.3. The molecule has 374 valence electrons. The Hall–Kier alpha value is -1.59. The van der Waals surface area contributed by atoms with Crippen molar-refractivity contribution >= 4 is 17.9 Å². The van der Waals surface area contributed by atoms with E-state index in [-0.39, 0.29) is 31.1 Å². The molecule has 0 spiro atoms. The van der Waals surface area contributed by atoms with Crippen molar-refractivity contribution in [1.82, 2.24) is 0 Å². The van der Waals surface area contributed by atoms with Gasteiger partial charge in [0.25, 0.3) is 0 Å². The summed E-state index contributed by atoms with van der Waals surface area (Å²) in [5, 5.41) is 0. The third-order valence-corrected chi connectivity index (χ3v) is 13.3. The molecular weight excluding hydrogens is 781 g/mol. The Labute approximate surface area is 393 Å². The topological polar surface area (TPSA) is 78.9 Å². The average Bonchev–Trinajstić information content (AvgIpc) is 3.25. The summed E-state index contributed by atoms with van der Waals surface area (Å²) in [6.45, 7) is 13.8. The molecule has 0 fully saturated rings. The molecule has 0 saturated heterocycles. The van der Waals surface area contributed by atoms with Crippen molar-refractivity contribution in [3.63, 3.8) is 0 Å². The maximum absolute atomic E-state index is 12.8. The van der Waals surface area contributed by atoms with Crippen LogP contribution < -0.4 is 0 Å². The van der Waals surface area contributed by atoms with Crippen LogP contribution in [-0.4, -0.2) is 37.2 Å². The van der Waals surface area contributed by atoms with E-state index in [0.29, 0.717) is 19.3 Å².